The number of nitrogens with zero attached hydrogens (tertiary/aromatic N) is 2. The zero-order chi connectivity index (χ0) is 7.40. The Morgan fingerprint density at radius 1 is 1.90 bits per heavy atom. The Morgan fingerprint density at radius 2 is 2.70 bits per heavy atom. The van der Waals surface area contributed by atoms with Crippen molar-refractivity contribution in [2.75, 3.05) is 0 Å². The first-order chi connectivity index (χ1) is 4.84. The first-order valence-corrected chi connectivity index (χ1v) is 2.85. The Balaban J connectivity index is 2.56. The summed E-state index contributed by atoms with van der Waals surface area (Å²) in [7, 11) is 1.84. The summed E-state index contributed by atoms with van der Waals surface area (Å²) in [5.74, 6) is 0. The molecule has 1 heterocycles. The van der Waals surface area contributed by atoms with Crippen molar-refractivity contribution >= 4 is 6.47 Å². The molecule has 0 saturated carbocycles. The summed E-state index contributed by atoms with van der Waals surface area (Å²) >= 11 is 0. The van der Waals surface area contributed by atoms with Gasteiger partial charge in [-0.25, -0.2) is 4.98 Å². The van der Waals surface area contributed by atoms with Crippen molar-refractivity contribution in [2.45, 2.75) is 6.61 Å². The molecule has 0 spiro atoms. The highest BCUT2D eigenvalue weighted by molar-refractivity contribution is 5.37. The Kier molecular flexibility index (Phi) is 2.04. The summed E-state index contributed by atoms with van der Waals surface area (Å²) in [4.78, 5) is 13.6. The molecule has 1 aromatic heterocycles. The van der Waals surface area contributed by atoms with Crippen molar-refractivity contribution in [1.29, 1.82) is 0 Å². The Bertz CT molecular complexity index is 219. The fourth-order valence-corrected chi connectivity index (χ4v) is 0.643. The maximum Gasteiger partial charge on any atom is 0.293 e. The molecular formula is C6H8N2O2. The van der Waals surface area contributed by atoms with E-state index in [0.717, 1.165) is 5.69 Å². The van der Waals surface area contributed by atoms with Gasteiger partial charge in [-0.2, -0.15) is 0 Å². The van der Waals surface area contributed by atoms with Crippen LogP contribution in [0.2, 0.25) is 0 Å². The largest absolute Gasteiger partial charge is 0.461 e. The maximum absolute atomic E-state index is 9.76. The van der Waals surface area contributed by atoms with Crippen LogP contribution >= 0.6 is 0 Å². The Morgan fingerprint density at radius 3 is 3.20 bits per heavy atom. The second kappa shape index (κ2) is 3.00. The molecule has 4 heteroatoms. The van der Waals surface area contributed by atoms with Crippen molar-refractivity contribution in [1.82, 2.24) is 9.55 Å². The second-order valence-corrected chi connectivity index (χ2v) is 1.90. The van der Waals surface area contributed by atoms with Gasteiger partial charge in [-0.05, 0) is 0 Å². The van der Waals surface area contributed by atoms with Gasteiger partial charge >= 0.3 is 0 Å². The molecule has 1 aromatic rings. The van der Waals surface area contributed by atoms with E-state index in [-0.39, 0.29) is 0 Å². The first kappa shape index (κ1) is 6.80. The number of aromatic nitrogens is 2. The molecular weight excluding hydrogens is 132 g/mol. The minimum atomic E-state index is 0.292. The zero-order valence-electron chi connectivity index (χ0n) is 5.65. The standard InChI is InChI=1S/C6H8N2O2/c1-8-4-7-2-6(8)3-10-5-9/h2,4-5H,3H2,1H3. The van der Waals surface area contributed by atoms with Crippen LogP contribution in [0.1, 0.15) is 5.69 Å². The number of carbonyl (C=O) groups excluding carboxylic acids is 1. The van der Waals surface area contributed by atoms with Crippen LogP contribution in [0.5, 0.6) is 0 Å². The molecule has 0 aliphatic rings. The summed E-state index contributed by atoms with van der Waals surface area (Å²) < 4.78 is 6.31. The summed E-state index contributed by atoms with van der Waals surface area (Å²) in [6.45, 7) is 0.715. The molecule has 0 radical (unpaired) electrons. The van der Waals surface area contributed by atoms with Gasteiger partial charge in [0, 0.05) is 7.05 Å². The normalized spacial score (nSPS) is 9.30. The summed E-state index contributed by atoms with van der Waals surface area (Å²) in [5, 5.41) is 0. The van der Waals surface area contributed by atoms with E-state index in [1.807, 2.05) is 7.05 Å². The highest BCUT2D eigenvalue weighted by Crippen LogP contribution is 1.96. The van der Waals surface area contributed by atoms with Gasteiger partial charge in [0.2, 0.25) is 0 Å². The number of imidazole rings is 1. The molecule has 0 N–H and O–H groups in total. The SMILES string of the molecule is Cn1cncc1COC=O. The predicted molar refractivity (Wildman–Crippen MR) is 34.1 cm³/mol. The molecule has 0 aliphatic carbocycles. The summed E-state index contributed by atoms with van der Waals surface area (Å²) in [6.07, 6.45) is 3.31. The van der Waals surface area contributed by atoms with Gasteiger partial charge in [0.15, 0.2) is 0 Å². The van der Waals surface area contributed by atoms with E-state index in [4.69, 9.17) is 0 Å². The van der Waals surface area contributed by atoms with Crippen molar-refractivity contribution in [2.24, 2.45) is 7.05 Å². The molecule has 0 amide bonds. The predicted octanol–water partition coefficient (Wildman–Crippen LogP) is 0.0931. The van der Waals surface area contributed by atoms with Gasteiger partial charge in [-0.15, -0.1) is 0 Å². The van der Waals surface area contributed by atoms with Crippen LogP contribution in [0.4, 0.5) is 0 Å². The molecule has 0 unspecified atom stereocenters. The van der Waals surface area contributed by atoms with E-state index in [1.54, 1.807) is 17.1 Å². The molecule has 10 heavy (non-hydrogen) atoms. The molecule has 4 nitrogen and oxygen atoms in total. The van der Waals surface area contributed by atoms with Crippen LogP contribution in [0.15, 0.2) is 12.5 Å². The third-order valence-corrected chi connectivity index (χ3v) is 1.22. The van der Waals surface area contributed by atoms with Crippen LogP contribution in [-0.4, -0.2) is 16.0 Å². The van der Waals surface area contributed by atoms with E-state index in [1.165, 1.54) is 0 Å². The van der Waals surface area contributed by atoms with E-state index < -0.39 is 0 Å². The lowest BCUT2D eigenvalue weighted by molar-refractivity contribution is -0.129. The molecule has 1 rings (SSSR count). The van der Waals surface area contributed by atoms with Crippen LogP contribution in [0.25, 0.3) is 0 Å². The number of carbonyl (C=O) groups is 1. The lowest BCUT2D eigenvalue weighted by Gasteiger charge is -1.97. The molecule has 0 saturated heterocycles. The third-order valence-electron chi connectivity index (χ3n) is 1.22. The summed E-state index contributed by atoms with van der Waals surface area (Å²) in [5.41, 5.74) is 0.882. The average Bonchev–Trinajstić information content (AvgIpc) is 2.31. The molecule has 0 fully saturated rings. The second-order valence-electron chi connectivity index (χ2n) is 1.90. The van der Waals surface area contributed by atoms with Gasteiger partial charge in [-0.3, -0.25) is 4.79 Å². The van der Waals surface area contributed by atoms with Crippen LogP contribution in [0.3, 0.4) is 0 Å². The van der Waals surface area contributed by atoms with Crippen molar-refractivity contribution < 1.29 is 9.53 Å². The molecule has 0 aromatic carbocycles. The van der Waals surface area contributed by atoms with E-state index in [9.17, 15) is 4.79 Å². The number of hydrogen-bond acceptors (Lipinski definition) is 3. The molecule has 0 atom stereocenters. The highest BCUT2D eigenvalue weighted by Gasteiger charge is 1.95. The number of ether oxygens (including phenoxy) is 1. The smallest absolute Gasteiger partial charge is 0.293 e. The van der Waals surface area contributed by atoms with Gasteiger partial charge in [0.25, 0.3) is 6.47 Å². The first-order valence-electron chi connectivity index (χ1n) is 2.85. The molecule has 54 valence electrons. The number of aryl methyl sites for hydroxylation is 1. The fourth-order valence-electron chi connectivity index (χ4n) is 0.643. The molecule has 0 aliphatic heterocycles. The number of rotatable bonds is 3. The van der Waals surface area contributed by atoms with Gasteiger partial charge in [0.05, 0.1) is 18.2 Å². The minimum Gasteiger partial charge on any atom is -0.461 e. The van der Waals surface area contributed by atoms with Crippen LogP contribution < -0.4 is 0 Å². The number of hydrogen-bond donors (Lipinski definition) is 0. The molecule has 0 bridgehead atoms. The maximum atomic E-state index is 9.76. The average molecular weight is 140 g/mol. The zero-order valence-corrected chi connectivity index (χ0v) is 5.65. The van der Waals surface area contributed by atoms with Crippen LogP contribution in [0, 0.1) is 0 Å². The van der Waals surface area contributed by atoms with E-state index >= 15 is 0 Å². The highest BCUT2D eigenvalue weighted by atomic mass is 16.5. The van der Waals surface area contributed by atoms with E-state index in [2.05, 4.69) is 9.72 Å². The lowest BCUT2D eigenvalue weighted by atomic mass is 10.5. The lowest BCUT2D eigenvalue weighted by Crippen LogP contribution is -1.96. The minimum absolute atomic E-state index is 0.292. The monoisotopic (exact) mass is 140 g/mol. The van der Waals surface area contributed by atoms with Crippen molar-refractivity contribution in [3.63, 3.8) is 0 Å². The summed E-state index contributed by atoms with van der Waals surface area (Å²) in [6, 6.07) is 0. The van der Waals surface area contributed by atoms with E-state index in [0.29, 0.717) is 13.1 Å². The van der Waals surface area contributed by atoms with Crippen molar-refractivity contribution in [3.8, 4) is 0 Å². The van der Waals surface area contributed by atoms with Gasteiger partial charge in [0.1, 0.15) is 6.61 Å². The van der Waals surface area contributed by atoms with Crippen molar-refractivity contribution in [3.05, 3.63) is 18.2 Å². The fraction of sp³-hybridized carbons (Fsp3) is 0.333. The third kappa shape index (κ3) is 1.34. The van der Waals surface area contributed by atoms with Gasteiger partial charge < -0.3 is 9.30 Å². The topological polar surface area (TPSA) is 44.1 Å². The van der Waals surface area contributed by atoms with Crippen LogP contribution in [-0.2, 0) is 23.2 Å². The quantitative estimate of drug-likeness (QED) is 0.559. The van der Waals surface area contributed by atoms with Gasteiger partial charge in [-0.1, -0.05) is 0 Å². The Hall–Kier alpha value is -1.32. The Labute approximate surface area is 58.4 Å².